The van der Waals surface area contributed by atoms with E-state index in [9.17, 15) is 15.0 Å². The normalized spacial score (nSPS) is 52.5. The molecule has 0 aromatic heterocycles. The summed E-state index contributed by atoms with van der Waals surface area (Å²) in [6.07, 6.45) is 9.88. The van der Waals surface area contributed by atoms with E-state index < -0.39 is 5.41 Å². The first-order valence-electron chi connectivity index (χ1n) is 14.4. The van der Waals surface area contributed by atoms with Crippen LogP contribution in [0.25, 0.3) is 0 Å². The Balaban J connectivity index is 1.60. The standard InChI is InChI=1S/C31H50O4/c1-19(2)20-10-15-30(26(34)35-7)16-17-31(18-32)21(25(20)30)8-9-23-28(5)13-12-24(33)27(3,4)22(28)11-14-29(23,31)6/h20-25,32-33H,1,8-18H2,2-7H3/t20-,21+,22-,23+,24+,25-,28-,29+,30-,31-/m0/s1. The van der Waals surface area contributed by atoms with Crippen LogP contribution in [0.3, 0.4) is 0 Å². The monoisotopic (exact) mass is 486 g/mol. The lowest BCUT2D eigenvalue weighted by atomic mass is 9.32. The van der Waals surface area contributed by atoms with E-state index in [4.69, 9.17) is 4.74 Å². The minimum Gasteiger partial charge on any atom is -0.469 e. The number of carbonyl (C=O) groups excluding carboxylic acids is 1. The fraction of sp³-hybridized carbons (Fsp3) is 0.903. The fourth-order valence-electron chi connectivity index (χ4n) is 11.8. The van der Waals surface area contributed by atoms with Crippen LogP contribution < -0.4 is 0 Å². The van der Waals surface area contributed by atoms with Gasteiger partial charge in [0.1, 0.15) is 0 Å². The van der Waals surface area contributed by atoms with Crippen LogP contribution in [-0.2, 0) is 9.53 Å². The highest BCUT2D eigenvalue weighted by Gasteiger charge is 2.73. The smallest absolute Gasteiger partial charge is 0.312 e. The topological polar surface area (TPSA) is 66.8 Å². The highest BCUT2D eigenvalue weighted by atomic mass is 16.5. The third kappa shape index (κ3) is 3.02. The molecule has 0 saturated heterocycles. The molecule has 0 bridgehead atoms. The maximum atomic E-state index is 13.4. The molecule has 5 fully saturated rings. The molecule has 5 saturated carbocycles. The summed E-state index contributed by atoms with van der Waals surface area (Å²) in [5.41, 5.74) is 0.774. The predicted molar refractivity (Wildman–Crippen MR) is 138 cm³/mol. The second kappa shape index (κ2) is 8.06. The predicted octanol–water partition coefficient (Wildman–Crippen LogP) is 6.15. The summed E-state index contributed by atoms with van der Waals surface area (Å²) in [5.74, 6) is 1.91. The molecule has 0 aromatic carbocycles. The van der Waals surface area contributed by atoms with Gasteiger partial charge in [-0.2, -0.15) is 0 Å². The summed E-state index contributed by atoms with van der Waals surface area (Å²) in [6.45, 7) is 16.3. The second-order valence-electron chi connectivity index (χ2n) is 14.6. The third-order valence-electron chi connectivity index (χ3n) is 13.6. The first-order valence-corrected chi connectivity index (χ1v) is 14.4. The molecule has 5 aliphatic carbocycles. The zero-order valence-corrected chi connectivity index (χ0v) is 23.2. The quantitative estimate of drug-likeness (QED) is 0.371. The average Bonchev–Trinajstić information content (AvgIpc) is 3.22. The van der Waals surface area contributed by atoms with Crippen molar-refractivity contribution in [3.05, 3.63) is 12.2 Å². The van der Waals surface area contributed by atoms with Gasteiger partial charge in [0.05, 0.1) is 18.6 Å². The Labute approximate surface area is 213 Å². The molecule has 0 radical (unpaired) electrons. The lowest BCUT2D eigenvalue weighted by molar-refractivity contribution is -0.262. The van der Waals surface area contributed by atoms with Crippen LogP contribution >= 0.6 is 0 Å². The average molecular weight is 487 g/mol. The van der Waals surface area contributed by atoms with Crippen LogP contribution in [-0.4, -0.2) is 36.0 Å². The van der Waals surface area contributed by atoms with E-state index in [1.54, 1.807) is 7.11 Å². The Morgan fingerprint density at radius 2 is 1.66 bits per heavy atom. The Morgan fingerprint density at radius 3 is 2.29 bits per heavy atom. The van der Waals surface area contributed by atoms with E-state index in [1.165, 1.54) is 12.0 Å². The summed E-state index contributed by atoms with van der Waals surface area (Å²) in [7, 11) is 1.55. The van der Waals surface area contributed by atoms with Gasteiger partial charge in [-0.05, 0) is 117 Å². The van der Waals surface area contributed by atoms with Gasteiger partial charge in [-0.25, -0.2) is 0 Å². The van der Waals surface area contributed by atoms with Gasteiger partial charge in [0, 0.05) is 12.0 Å². The SMILES string of the molecule is C=C(C)[C@@H]1CC[C@]2(C(=O)OC)CC[C@]3(CO)[C@H](CC[C@@H]4[C@@]5(C)CC[C@@H](O)C(C)(C)[C@@H]5CC[C@]43C)[C@H]12. The lowest BCUT2D eigenvalue weighted by Gasteiger charge is -2.73. The van der Waals surface area contributed by atoms with E-state index in [0.717, 1.165) is 57.8 Å². The molecule has 0 heterocycles. The zero-order valence-electron chi connectivity index (χ0n) is 23.2. The number of esters is 1. The first kappa shape index (κ1) is 25.8. The minimum absolute atomic E-state index is 0.0243. The van der Waals surface area contributed by atoms with Crippen molar-refractivity contribution in [2.45, 2.75) is 105 Å². The Kier molecular flexibility index (Phi) is 5.94. The molecular weight excluding hydrogens is 436 g/mol. The minimum atomic E-state index is -0.414. The second-order valence-corrected chi connectivity index (χ2v) is 14.6. The maximum absolute atomic E-state index is 13.4. The van der Waals surface area contributed by atoms with Crippen molar-refractivity contribution in [2.24, 2.45) is 56.7 Å². The molecule has 4 heteroatoms. The van der Waals surface area contributed by atoms with Crippen molar-refractivity contribution >= 4 is 5.97 Å². The highest BCUT2D eigenvalue weighted by molar-refractivity contribution is 5.78. The molecule has 0 spiro atoms. The number of hydrogen-bond acceptors (Lipinski definition) is 4. The van der Waals surface area contributed by atoms with E-state index in [-0.39, 0.29) is 46.3 Å². The van der Waals surface area contributed by atoms with Crippen LogP contribution in [0.5, 0.6) is 0 Å². The van der Waals surface area contributed by atoms with E-state index >= 15 is 0 Å². The maximum Gasteiger partial charge on any atom is 0.312 e. The van der Waals surface area contributed by atoms with Gasteiger partial charge in [-0.1, -0.05) is 39.8 Å². The molecule has 10 atom stereocenters. The molecule has 198 valence electrons. The fourth-order valence-corrected chi connectivity index (χ4v) is 11.8. The zero-order chi connectivity index (χ0) is 25.6. The van der Waals surface area contributed by atoms with Crippen LogP contribution in [0.2, 0.25) is 0 Å². The van der Waals surface area contributed by atoms with E-state index in [1.807, 2.05) is 0 Å². The first-order chi connectivity index (χ1) is 16.4. The summed E-state index contributed by atoms with van der Waals surface area (Å²) < 4.78 is 5.47. The molecule has 5 rings (SSSR count). The van der Waals surface area contributed by atoms with Crippen LogP contribution in [0.1, 0.15) is 98.8 Å². The molecule has 5 aliphatic rings. The number of hydrogen-bond donors (Lipinski definition) is 2. The van der Waals surface area contributed by atoms with Crippen molar-refractivity contribution in [3.8, 4) is 0 Å². The van der Waals surface area contributed by atoms with E-state index in [2.05, 4.69) is 41.2 Å². The summed E-state index contributed by atoms with van der Waals surface area (Å²) in [6, 6.07) is 0. The van der Waals surface area contributed by atoms with Crippen molar-refractivity contribution in [1.82, 2.24) is 0 Å². The van der Waals surface area contributed by atoms with Crippen molar-refractivity contribution in [1.29, 1.82) is 0 Å². The number of rotatable bonds is 3. The lowest BCUT2D eigenvalue weighted by Crippen LogP contribution is -2.68. The molecule has 4 nitrogen and oxygen atoms in total. The van der Waals surface area contributed by atoms with Gasteiger partial charge in [0.15, 0.2) is 0 Å². The number of aliphatic hydroxyl groups is 2. The van der Waals surface area contributed by atoms with Crippen LogP contribution in [0.4, 0.5) is 0 Å². The van der Waals surface area contributed by atoms with Crippen LogP contribution in [0.15, 0.2) is 12.2 Å². The number of fused-ring (bicyclic) bond motifs is 7. The Hall–Kier alpha value is -0.870. The van der Waals surface area contributed by atoms with Gasteiger partial charge in [-0.3, -0.25) is 4.79 Å². The van der Waals surface area contributed by atoms with Crippen molar-refractivity contribution in [2.75, 3.05) is 13.7 Å². The number of carbonyl (C=O) groups is 1. The molecule has 0 aliphatic heterocycles. The largest absolute Gasteiger partial charge is 0.469 e. The number of allylic oxidation sites excluding steroid dienone is 1. The third-order valence-corrected chi connectivity index (χ3v) is 13.6. The molecule has 2 N–H and O–H groups in total. The number of aliphatic hydroxyl groups excluding tert-OH is 2. The number of methoxy groups -OCH3 is 1. The summed E-state index contributed by atoms with van der Waals surface area (Å²) >= 11 is 0. The van der Waals surface area contributed by atoms with Crippen molar-refractivity contribution in [3.63, 3.8) is 0 Å². The van der Waals surface area contributed by atoms with Crippen molar-refractivity contribution < 1.29 is 19.7 Å². The molecule has 0 unspecified atom stereocenters. The number of ether oxygens (including phenoxy) is 1. The van der Waals surface area contributed by atoms with Gasteiger partial charge in [0.2, 0.25) is 0 Å². The van der Waals surface area contributed by atoms with Gasteiger partial charge < -0.3 is 14.9 Å². The van der Waals surface area contributed by atoms with Gasteiger partial charge in [-0.15, -0.1) is 0 Å². The van der Waals surface area contributed by atoms with E-state index in [0.29, 0.717) is 23.7 Å². The Bertz CT molecular complexity index is 894. The van der Waals surface area contributed by atoms with Gasteiger partial charge in [0.25, 0.3) is 0 Å². The Morgan fingerprint density at radius 1 is 0.943 bits per heavy atom. The molecule has 0 amide bonds. The highest BCUT2D eigenvalue weighted by Crippen LogP contribution is 2.77. The summed E-state index contributed by atoms with van der Waals surface area (Å²) in [5, 5.41) is 22.3. The summed E-state index contributed by atoms with van der Waals surface area (Å²) in [4.78, 5) is 13.4. The van der Waals surface area contributed by atoms with Gasteiger partial charge >= 0.3 is 5.97 Å². The molecule has 0 aromatic rings. The molecular formula is C31H50O4. The van der Waals surface area contributed by atoms with Crippen LogP contribution in [0, 0.1) is 56.7 Å². The molecule has 35 heavy (non-hydrogen) atoms.